The molecule has 0 saturated heterocycles. The van der Waals surface area contributed by atoms with Gasteiger partial charge >= 0.3 is 0 Å². The topological polar surface area (TPSA) is 59.8 Å². The summed E-state index contributed by atoms with van der Waals surface area (Å²) in [6.45, 7) is 1.34. The predicted octanol–water partition coefficient (Wildman–Crippen LogP) is 3.66. The number of nitrogens with zero attached hydrogens (tertiary/aromatic N) is 3. The molecule has 6 heteroatoms. The van der Waals surface area contributed by atoms with E-state index < -0.39 is 0 Å². The summed E-state index contributed by atoms with van der Waals surface area (Å²) >= 11 is 6.15. The van der Waals surface area contributed by atoms with Crippen molar-refractivity contribution in [2.24, 2.45) is 0 Å². The quantitative estimate of drug-likeness (QED) is 0.617. The molecule has 0 saturated carbocycles. The number of nitrogens with one attached hydrogen (secondary N) is 1. The number of halogens is 1. The average Bonchev–Trinajstić information content (AvgIpc) is 3.17. The van der Waals surface area contributed by atoms with Crippen LogP contribution in [-0.2, 0) is 11.3 Å². The molecule has 134 valence electrons. The molecule has 1 unspecified atom stereocenters. The molecule has 2 aromatic carbocycles. The van der Waals surface area contributed by atoms with Crippen LogP contribution >= 0.6 is 11.6 Å². The molecule has 1 N–H and O–H groups in total. The largest absolute Gasteiger partial charge is 0.356 e. The van der Waals surface area contributed by atoms with Crippen molar-refractivity contribution >= 4 is 17.5 Å². The Hall–Kier alpha value is -2.66. The fraction of sp³-hybridized carbons (Fsp3) is 0.250. The number of aryl methyl sites for hydroxylation is 1. The number of benzene rings is 2. The average molecular weight is 369 g/mol. The fourth-order valence-corrected chi connectivity index (χ4v) is 3.11. The van der Waals surface area contributed by atoms with E-state index in [-0.39, 0.29) is 11.8 Å². The van der Waals surface area contributed by atoms with Gasteiger partial charge < -0.3 is 5.32 Å². The lowest BCUT2D eigenvalue weighted by Crippen LogP contribution is -2.27. The number of aromatic nitrogens is 3. The van der Waals surface area contributed by atoms with Crippen LogP contribution in [0.3, 0.4) is 0 Å². The van der Waals surface area contributed by atoms with Crippen molar-refractivity contribution in [2.75, 3.05) is 6.54 Å². The van der Waals surface area contributed by atoms with Crippen LogP contribution in [0.2, 0.25) is 5.02 Å². The fourth-order valence-electron chi connectivity index (χ4n) is 2.92. The van der Waals surface area contributed by atoms with Gasteiger partial charge in [0.15, 0.2) is 0 Å². The van der Waals surface area contributed by atoms with E-state index in [2.05, 4.69) is 15.6 Å². The van der Waals surface area contributed by atoms with Gasteiger partial charge in [-0.15, -0.1) is 5.10 Å². The Morgan fingerprint density at radius 1 is 1.12 bits per heavy atom. The van der Waals surface area contributed by atoms with Gasteiger partial charge in [-0.25, -0.2) is 0 Å². The molecule has 0 spiro atoms. The Morgan fingerprint density at radius 2 is 1.92 bits per heavy atom. The van der Waals surface area contributed by atoms with Gasteiger partial charge in [-0.1, -0.05) is 59.3 Å². The standard InChI is InChI=1S/C20H21ClN4O/c21-18-9-4-8-17(14-18)19(16-6-2-1-3-7-16)15-20(26)22-10-5-12-25-13-11-23-24-25/h1-4,6-9,11,13-14,19H,5,10,12,15H2,(H,22,26). The van der Waals surface area contributed by atoms with Gasteiger partial charge in [0.05, 0.1) is 6.20 Å². The normalized spacial score (nSPS) is 11.9. The molecule has 1 amide bonds. The van der Waals surface area contributed by atoms with Crippen LogP contribution in [0.1, 0.15) is 29.9 Å². The first-order chi connectivity index (χ1) is 12.7. The smallest absolute Gasteiger partial charge is 0.220 e. The summed E-state index contributed by atoms with van der Waals surface area (Å²) in [5.74, 6) is 0.00244. The lowest BCUT2D eigenvalue weighted by molar-refractivity contribution is -0.121. The van der Waals surface area contributed by atoms with E-state index in [1.807, 2.05) is 60.8 Å². The molecule has 5 nitrogen and oxygen atoms in total. The van der Waals surface area contributed by atoms with Gasteiger partial charge in [0.1, 0.15) is 0 Å². The minimum Gasteiger partial charge on any atom is -0.356 e. The molecule has 0 bridgehead atoms. The highest BCUT2D eigenvalue weighted by Gasteiger charge is 2.18. The molecule has 1 aromatic heterocycles. The minimum absolute atomic E-state index is 0.0229. The van der Waals surface area contributed by atoms with Crippen molar-refractivity contribution < 1.29 is 4.79 Å². The van der Waals surface area contributed by atoms with Crippen molar-refractivity contribution in [1.82, 2.24) is 20.3 Å². The maximum Gasteiger partial charge on any atom is 0.220 e. The number of carbonyl (C=O) groups is 1. The first kappa shape index (κ1) is 18.1. The van der Waals surface area contributed by atoms with Crippen molar-refractivity contribution in [2.45, 2.75) is 25.3 Å². The van der Waals surface area contributed by atoms with Crippen LogP contribution < -0.4 is 5.32 Å². The number of carbonyl (C=O) groups excluding carboxylic acids is 1. The third-order valence-electron chi connectivity index (χ3n) is 4.20. The van der Waals surface area contributed by atoms with Crippen LogP contribution in [0.25, 0.3) is 0 Å². The molecular weight excluding hydrogens is 348 g/mol. The predicted molar refractivity (Wildman–Crippen MR) is 102 cm³/mol. The van der Waals surface area contributed by atoms with Crippen molar-refractivity contribution in [3.8, 4) is 0 Å². The van der Waals surface area contributed by atoms with E-state index in [1.165, 1.54) is 0 Å². The summed E-state index contributed by atoms with van der Waals surface area (Å²) in [6.07, 6.45) is 4.65. The molecule has 3 rings (SSSR count). The zero-order valence-electron chi connectivity index (χ0n) is 14.4. The van der Waals surface area contributed by atoms with Crippen LogP contribution in [0.4, 0.5) is 0 Å². The molecule has 0 aliphatic rings. The summed E-state index contributed by atoms with van der Waals surface area (Å²) < 4.78 is 1.75. The Labute approximate surface area is 158 Å². The summed E-state index contributed by atoms with van der Waals surface area (Å²) in [4.78, 5) is 12.5. The van der Waals surface area contributed by atoms with Gasteiger partial charge in [-0.2, -0.15) is 0 Å². The van der Waals surface area contributed by atoms with E-state index >= 15 is 0 Å². The minimum atomic E-state index is -0.0229. The van der Waals surface area contributed by atoms with Gasteiger partial charge in [-0.3, -0.25) is 9.48 Å². The van der Waals surface area contributed by atoms with Crippen LogP contribution in [-0.4, -0.2) is 27.4 Å². The SMILES string of the molecule is O=C(CC(c1ccccc1)c1cccc(Cl)c1)NCCCn1ccnn1. The maximum atomic E-state index is 12.5. The number of hydrogen-bond donors (Lipinski definition) is 1. The van der Waals surface area contributed by atoms with E-state index in [1.54, 1.807) is 10.9 Å². The first-order valence-electron chi connectivity index (χ1n) is 8.63. The highest BCUT2D eigenvalue weighted by molar-refractivity contribution is 6.30. The van der Waals surface area contributed by atoms with Gasteiger partial charge in [0.2, 0.25) is 5.91 Å². The lowest BCUT2D eigenvalue weighted by atomic mass is 9.88. The molecule has 3 aromatic rings. The summed E-state index contributed by atoms with van der Waals surface area (Å²) in [7, 11) is 0. The summed E-state index contributed by atoms with van der Waals surface area (Å²) in [5.41, 5.74) is 2.15. The zero-order chi connectivity index (χ0) is 18.2. The number of hydrogen-bond acceptors (Lipinski definition) is 3. The second-order valence-electron chi connectivity index (χ2n) is 6.09. The Balaban J connectivity index is 1.61. The van der Waals surface area contributed by atoms with E-state index in [4.69, 9.17) is 11.6 Å². The van der Waals surface area contributed by atoms with Crippen LogP contribution in [0, 0.1) is 0 Å². The molecule has 1 atom stereocenters. The summed E-state index contributed by atoms with van der Waals surface area (Å²) in [5, 5.41) is 11.3. The molecule has 1 heterocycles. The molecule has 26 heavy (non-hydrogen) atoms. The second-order valence-corrected chi connectivity index (χ2v) is 6.53. The molecule has 0 fully saturated rings. The highest BCUT2D eigenvalue weighted by atomic mass is 35.5. The molecule has 0 aliphatic heterocycles. The molecule has 0 aliphatic carbocycles. The maximum absolute atomic E-state index is 12.5. The Bertz CT molecular complexity index is 821. The monoisotopic (exact) mass is 368 g/mol. The van der Waals surface area contributed by atoms with Gasteiger partial charge in [0, 0.05) is 36.6 Å². The Morgan fingerprint density at radius 3 is 2.65 bits per heavy atom. The third kappa shape index (κ3) is 5.17. The van der Waals surface area contributed by atoms with Crippen LogP contribution in [0.15, 0.2) is 67.0 Å². The highest BCUT2D eigenvalue weighted by Crippen LogP contribution is 2.29. The van der Waals surface area contributed by atoms with Gasteiger partial charge in [-0.05, 0) is 29.7 Å². The molecular formula is C20H21ClN4O. The number of rotatable bonds is 8. The second kappa shape index (κ2) is 9.15. The van der Waals surface area contributed by atoms with Crippen molar-refractivity contribution in [3.63, 3.8) is 0 Å². The summed E-state index contributed by atoms with van der Waals surface area (Å²) in [6, 6.07) is 17.8. The van der Waals surface area contributed by atoms with E-state index in [9.17, 15) is 4.79 Å². The first-order valence-corrected chi connectivity index (χ1v) is 9.01. The molecule has 0 radical (unpaired) electrons. The third-order valence-corrected chi connectivity index (χ3v) is 4.44. The zero-order valence-corrected chi connectivity index (χ0v) is 15.1. The van der Waals surface area contributed by atoms with E-state index in [0.717, 1.165) is 24.1 Å². The Kier molecular flexibility index (Phi) is 6.39. The lowest BCUT2D eigenvalue weighted by Gasteiger charge is -2.18. The van der Waals surface area contributed by atoms with Crippen LogP contribution in [0.5, 0.6) is 0 Å². The number of amides is 1. The van der Waals surface area contributed by atoms with Crippen molar-refractivity contribution in [3.05, 3.63) is 83.1 Å². The van der Waals surface area contributed by atoms with Crippen molar-refractivity contribution in [1.29, 1.82) is 0 Å². The van der Waals surface area contributed by atoms with Gasteiger partial charge in [0.25, 0.3) is 0 Å². The van der Waals surface area contributed by atoms with E-state index in [0.29, 0.717) is 18.0 Å².